The van der Waals surface area contributed by atoms with Gasteiger partial charge in [0.25, 0.3) is 0 Å². The second-order valence-corrected chi connectivity index (χ2v) is 10.1. The molecule has 2 aliphatic rings. The summed E-state index contributed by atoms with van der Waals surface area (Å²) in [5.74, 6) is -7.17. The molecule has 5 amide bonds. The number of rotatable bonds is 14. The first-order valence-electron chi connectivity index (χ1n) is 13.3. The van der Waals surface area contributed by atoms with Gasteiger partial charge in [-0.2, -0.15) is 0 Å². The third-order valence-corrected chi connectivity index (χ3v) is 7.05. The highest BCUT2D eigenvalue weighted by Crippen LogP contribution is 2.20. The van der Waals surface area contributed by atoms with Gasteiger partial charge >= 0.3 is 11.9 Å². The molecule has 2 aliphatic heterocycles. The summed E-state index contributed by atoms with van der Waals surface area (Å²) in [7, 11) is 0. The summed E-state index contributed by atoms with van der Waals surface area (Å²) in [6.45, 7) is -0.456. The van der Waals surface area contributed by atoms with Gasteiger partial charge in [0, 0.05) is 13.1 Å². The number of likely N-dealkylation sites (tertiary alicyclic amines) is 2. The van der Waals surface area contributed by atoms with E-state index >= 15 is 0 Å². The predicted molar refractivity (Wildman–Crippen MR) is 139 cm³/mol. The average molecular weight is 603 g/mol. The molecular weight excluding hydrogens is 564 g/mol. The molecule has 2 fully saturated rings. The van der Waals surface area contributed by atoms with Gasteiger partial charge in [-0.3, -0.25) is 28.8 Å². The largest absolute Gasteiger partial charge is 0.481 e. The van der Waals surface area contributed by atoms with Crippen LogP contribution in [-0.2, 0) is 33.6 Å². The molecule has 2 saturated heterocycles. The molecule has 0 saturated carbocycles. The number of carboxylic acids is 2. The molecular formula is C24H38N6O12. The number of amides is 5. The van der Waals surface area contributed by atoms with Gasteiger partial charge in [0.05, 0.1) is 31.8 Å². The number of nitrogens with one attached hydrogen (secondary N) is 3. The third-order valence-electron chi connectivity index (χ3n) is 7.05. The second kappa shape index (κ2) is 15.4. The number of nitrogens with zero attached hydrogens (tertiary/aromatic N) is 2. The molecule has 18 heteroatoms. The monoisotopic (exact) mass is 602 g/mol. The first-order valence-corrected chi connectivity index (χ1v) is 13.3. The number of hydrogen-bond acceptors (Lipinski definition) is 11. The molecule has 0 aliphatic carbocycles. The fraction of sp³-hybridized carbons (Fsp3) is 0.708. The van der Waals surface area contributed by atoms with Crippen molar-refractivity contribution in [3.63, 3.8) is 0 Å². The number of aliphatic hydroxyl groups excluding tert-OH is 3. The topological polar surface area (TPSA) is 289 Å². The zero-order valence-corrected chi connectivity index (χ0v) is 23.0. The third kappa shape index (κ3) is 8.57. The normalized spacial score (nSPS) is 21.9. The maximum absolute atomic E-state index is 13.2. The van der Waals surface area contributed by atoms with E-state index in [1.54, 1.807) is 0 Å². The number of aliphatic hydroxyl groups is 3. The highest BCUT2D eigenvalue weighted by atomic mass is 16.4. The zero-order chi connectivity index (χ0) is 31.7. The van der Waals surface area contributed by atoms with Crippen LogP contribution in [0.5, 0.6) is 0 Å². The van der Waals surface area contributed by atoms with Crippen LogP contribution >= 0.6 is 0 Å². The van der Waals surface area contributed by atoms with E-state index in [1.807, 2.05) is 0 Å². The van der Waals surface area contributed by atoms with Gasteiger partial charge in [0.1, 0.15) is 30.2 Å². The Morgan fingerprint density at radius 2 is 1.31 bits per heavy atom. The van der Waals surface area contributed by atoms with Crippen molar-refractivity contribution < 1.29 is 59.1 Å². The van der Waals surface area contributed by atoms with Gasteiger partial charge < -0.3 is 57.0 Å². The number of aliphatic carboxylic acids is 2. The van der Waals surface area contributed by atoms with Gasteiger partial charge in [-0.25, -0.2) is 4.79 Å². The van der Waals surface area contributed by atoms with Crippen LogP contribution in [0.15, 0.2) is 0 Å². The fourth-order valence-corrected chi connectivity index (χ4v) is 4.85. The van der Waals surface area contributed by atoms with E-state index < -0.39 is 103 Å². The quantitative estimate of drug-likeness (QED) is 0.0899. The lowest BCUT2D eigenvalue weighted by Gasteiger charge is -2.31. The lowest BCUT2D eigenvalue weighted by molar-refractivity contribution is -0.146. The Balaban J connectivity index is 2.10. The molecule has 7 atom stereocenters. The molecule has 2 rings (SSSR count). The molecule has 0 aromatic carbocycles. The van der Waals surface area contributed by atoms with Crippen molar-refractivity contribution >= 4 is 41.5 Å². The van der Waals surface area contributed by atoms with E-state index in [9.17, 15) is 43.8 Å². The van der Waals surface area contributed by atoms with E-state index in [1.165, 1.54) is 6.92 Å². The summed E-state index contributed by atoms with van der Waals surface area (Å²) in [6, 6.07) is -8.46. The minimum Gasteiger partial charge on any atom is -0.481 e. The van der Waals surface area contributed by atoms with E-state index in [4.69, 9.17) is 21.1 Å². The molecule has 2 heterocycles. The van der Waals surface area contributed by atoms with Crippen LogP contribution in [-0.4, -0.2) is 145 Å². The van der Waals surface area contributed by atoms with Gasteiger partial charge in [-0.15, -0.1) is 0 Å². The predicted octanol–water partition coefficient (Wildman–Crippen LogP) is -5.33. The number of carbonyl (C=O) groups is 7. The number of nitrogens with two attached hydrogens (primary N) is 1. The Hall–Kier alpha value is -3.87. The van der Waals surface area contributed by atoms with Crippen molar-refractivity contribution in [3.05, 3.63) is 0 Å². The smallest absolute Gasteiger partial charge is 0.328 e. The first-order chi connectivity index (χ1) is 19.7. The summed E-state index contributed by atoms with van der Waals surface area (Å²) in [5, 5.41) is 53.9. The van der Waals surface area contributed by atoms with E-state index in [0.717, 1.165) is 9.80 Å². The SMILES string of the molecule is C[C@@H](O)[C@H](NC(=O)[C@@H]1CCCN1C(=O)[C@@H](N)CC(=O)O)C(=O)N[C@@H](CO)C(=O)N1CCC[C@H]1C(=O)N[C@@H](CO)C(=O)O. The van der Waals surface area contributed by atoms with Crippen LogP contribution < -0.4 is 21.7 Å². The van der Waals surface area contributed by atoms with Crippen LogP contribution in [0.25, 0.3) is 0 Å². The van der Waals surface area contributed by atoms with Crippen molar-refractivity contribution in [1.82, 2.24) is 25.8 Å². The van der Waals surface area contributed by atoms with Crippen molar-refractivity contribution in [1.29, 1.82) is 0 Å². The Bertz CT molecular complexity index is 1050. The molecule has 0 aromatic rings. The maximum atomic E-state index is 13.2. The van der Waals surface area contributed by atoms with Gasteiger partial charge in [-0.05, 0) is 32.6 Å². The first kappa shape index (κ1) is 34.3. The van der Waals surface area contributed by atoms with Crippen molar-refractivity contribution in [2.24, 2.45) is 5.73 Å². The summed E-state index contributed by atoms with van der Waals surface area (Å²) in [5.41, 5.74) is 5.65. The van der Waals surface area contributed by atoms with Crippen molar-refractivity contribution in [2.45, 2.75) is 81.4 Å². The molecule has 0 aromatic heterocycles. The number of carboxylic acid groups (broad SMARTS) is 2. The van der Waals surface area contributed by atoms with Crippen molar-refractivity contribution in [2.75, 3.05) is 26.3 Å². The lowest BCUT2D eigenvalue weighted by Crippen LogP contribution is -2.61. The van der Waals surface area contributed by atoms with Crippen LogP contribution in [0, 0.1) is 0 Å². The van der Waals surface area contributed by atoms with Crippen LogP contribution in [0.3, 0.4) is 0 Å². The minimum absolute atomic E-state index is 0.0479. The Labute approximate surface area is 240 Å². The Morgan fingerprint density at radius 1 is 0.810 bits per heavy atom. The molecule has 0 radical (unpaired) electrons. The summed E-state index contributed by atoms with van der Waals surface area (Å²) >= 11 is 0. The van der Waals surface area contributed by atoms with Gasteiger partial charge in [0.2, 0.25) is 29.5 Å². The summed E-state index contributed by atoms with van der Waals surface area (Å²) in [4.78, 5) is 88.6. The zero-order valence-electron chi connectivity index (χ0n) is 23.0. The fourth-order valence-electron chi connectivity index (χ4n) is 4.85. The van der Waals surface area contributed by atoms with Crippen molar-refractivity contribution in [3.8, 4) is 0 Å². The summed E-state index contributed by atoms with van der Waals surface area (Å²) in [6.07, 6.45) is -1.07. The van der Waals surface area contributed by atoms with Crippen LogP contribution in [0.2, 0.25) is 0 Å². The maximum Gasteiger partial charge on any atom is 0.328 e. The van der Waals surface area contributed by atoms with Crippen LogP contribution in [0.4, 0.5) is 0 Å². The second-order valence-electron chi connectivity index (χ2n) is 10.1. The highest BCUT2D eigenvalue weighted by Gasteiger charge is 2.41. The molecule has 236 valence electrons. The molecule has 0 spiro atoms. The average Bonchev–Trinajstić information content (AvgIpc) is 3.61. The van der Waals surface area contributed by atoms with Gasteiger partial charge in [-0.1, -0.05) is 0 Å². The molecule has 18 nitrogen and oxygen atoms in total. The van der Waals surface area contributed by atoms with E-state index in [-0.39, 0.29) is 25.9 Å². The van der Waals surface area contributed by atoms with E-state index in [0.29, 0.717) is 12.8 Å². The standard InChI is InChI=1S/C24H38N6O12/c1-11(33)18(28-20(37)16-5-2-6-29(16)22(39)12(25)8-17(34)35)21(38)26-13(9-31)23(40)30-7-3-4-15(30)19(36)27-14(10-32)24(41)42/h11-16,18,31-33H,2-10,25H2,1H3,(H,26,38)(H,27,36)(H,28,37)(H,34,35)(H,41,42)/t11-,12+,13+,14+,15+,16+,18+/m1/s1. The Morgan fingerprint density at radius 3 is 1.76 bits per heavy atom. The molecule has 10 N–H and O–H groups in total. The van der Waals surface area contributed by atoms with Crippen LogP contribution in [0.1, 0.15) is 39.0 Å². The van der Waals surface area contributed by atoms with E-state index in [2.05, 4.69) is 16.0 Å². The minimum atomic E-state index is -1.64. The Kier molecular flexibility index (Phi) is 12.6. The molecule has 42 heavy (non-hydrogen) atoms. The highest BCUT2D eigenvalue weighted by molar-refractivity contribution is 5.97. The number of hydrogen-bond donors (Lipinski definition) is 9. The molecule has 0 bridgehead atoms. The lowest BCUT2D eigenvalue weighted by atomic mass is 10.1. The van der Waals surface area contributed by atoms with Gasteiger partial charge in [0.15, 0.2) is 0 Å². The molecule has 0 unspecified atom stereocenters. The summed E-state index contributed by atoms with van der Waals surface area (Å²) < 4.78 is 0. The number of carbonyl (C=O) groups excluding carboxylic acids is 5.